The monoisotopic (exact) mass is 602 g/mol. The number of halogens is 4. The molecule has 4 aromatic rings. The van der Waals surface area contributed by atoms with Gasteiger partial charge in [-0.1, -0.05) is 0 Å². The third kappa shape index (κ3) is 5.11. The van der Waals surface area contributed by atoms with E-state index >= 15 is 0 Å². The number of ether oxygens (including phenoxy) is 4. The Morgan fingerprint density at radius 3 is 2.70 bits per heavy atom. The molecule has 0 spiro atoms. The van der Waals surface area contributed by atoms with Crippen molar-refractivity contribution in [3.63, 3.8) is 0 Å². The van der Waals surface area contributed by atoms with E-state index in [1.54, 1.807) is 36.9 Å². The number of rotatable bonds is 7. The lowest BCUT2D eigenvalue weighted by atomic mass is 10.0. The summed E-state index contributed by atoms with van der Waals surface area (Å²) >= 11 is 0. The van der Waals surface area contributed by atoms with Gasteiger partial charge in [0.1, 0.15) is 17.0 Å². The van der Waals surface area contributed by atoms with Crippen molar-refractivity contribution in [2.45, 2.75) is 62.8 Å². The highest BCUT2D eigenvalue weighted by atomic mass is 19.3. The Kier molecular flexibility index (Phi) is 6.63. The SMILES string of the molecule is COc1ccc(CNc2nc3c4c(ccc3c3nc([C@H]5CC[C@H](N6CCCC(F)(F)C6)C5)nn23)OC(F)(F)O4)c(OC)c1. The van der Waals surface area contributed by atoms with Crippen molar-refractivity contribution < 1.29 is 36.5 Å². The van der Waals surface area contributed by atoms with Crippen molar-refractivity contribution in [3.8, 4) is 23.0 Å². The number of anilines is 1. The fourth-order valence-electron chi connectivity index (χ4n) is 6.39. The van der Waals surface area contributed by atoms with Gasteiger partial charge in [0.05, 0.1) is 20.8 Å². The lowest BCUT2D eigenvalue weighted by Crippen LogP contribution is -2.46. The molecule has 1 saturated heterocycles. The predicted molar refractivity (Wildman–Crippen MR) is 147 cm³/mol. The van der Waals surface area contributed by atoms with Crippen LogP contribution in [0.2, 0.25) is 0 Å². The molecule has 10 nitrogen and oxygen atoms in total. The average Bonchev–Trinajstić information content (AvgIpc) is 3.71. The molecule has 1 aliphatic carbocycles. The van der Waals surface area contributed by atoms with Gasteiger partial charge in [-0.15, -0.1) is 13.9 Å². The summed E-state index contributed by atoms with van der Waals surface area (Å²) in [5.41, 5.74) is 1.34. The molecular weight excluding hydrogens is 572 g/mol. The summed E-state index contributed by atoms with van der Waals surface area (Å²) in [5, 5.41) is 8.50. The van der Waals surface area contributed by atoms with Gasteiger partial charge in [0, 0.05) is 41.9 Å². The van der Waals surface area contributed by atoms with Crippen LogP contribution in [0.4, 0.5) is 23.5 Å². The Morgan fingerprint density at radius 2 is 1.91 bits per heavy atom. The Hall–Kier alpha value is -4.07. The first-order chi connectivity index (χ1) is 20.6. The highest BCUT2D eigenvalue weighted by Gasteiger charge is 2.45. The van der Waals surface area contributed by atoms with Crippen LogP contribution in [-0.4, -0.2) is 70.1 Å². The molecule has 0 radical (unpaired) electrons. The van der Waals surface area contributed by atoms with Gasteiger partial charge in [-0.25, -0.2) is 18.7 Å². The molecule has 4 heterocycles. The third-order valence-corrected chi connectivity index (χ3v) is 8.47. The molecular formula is C29H30F4N6O4. The fourth-order valence-corrected chi connectivity index (χ4v) is 6.39. The van der Waals surface area contributed by atoms with Crippen molar-refractivity contribution in [3.05, 3.63) is 41.7 Å². The number of aromatic nitrogens is 4. The van der Waals surface area contributed by atoms with E-state index in [2.05, 4.69) is 15.0 Å². The smallest absolute Gasteiger partial charge is 0.497 e. The van der Waals surface area contributed by atoms with Crippen LogP contribution in [0.3, 0.4) is 0 Å². The van der Waals surface area contributed by atoms with Crippen LogP contribution in [0.25, 0.3) is 16.6 Å². The van der Waals surface area contributed by atoms with Gasteiger partial charge in [0.25, 0.3) is 5.92 Å². The van der Waals surface area contributed by atoms with E-state index in [0.717, 1.165) is 18.4 Å². The average molecular weight is 603 g/mol. The first kappa shape index (κ1) is 27.7. The number of hydrogen-bond acceptors (Lipinski definition) is 9. The Labute approximate surface area is 243 Å². The summed E-state index contributed by atoms with van der Waals surface area (Å²) in [5.74, 6) is -1.03. The van der Waals surface area contributed by atoms with Crippen LogP contribution >= 0.6 is 0 Å². The van der Waals surface area contributed by atoms with Crippen molar-refractivity contribution in [2.75, 3.05) is 32.6 Å². The summed E-state index contributed by atoms with van der Waals surface area (Å²) in [6.07, 6.45) is -1.25. The fraction of sp³-hybridized carbons (Fsp3) is 0.483. The number of piperidine rings is 1. The number of alkyl halides is 4. The minimum atomic E-state index is -3.82. The maximum absolute atomic E-state index is 14.1. The van der Waals surface area contributed by atoms with Gasteiger partial charge in [-0.3, -0.25) is 4.90 Å². The van der Waals surface area contributed by atoms with E-state index in [-0.39, 0.29) is 54.4 Å². The molecule has 2 aliphatic heterocycles. The van der Waals surface area contributed by atoms with Crippen LogP contribution in [0.15, 0.2) is 30.3 Å². The predicted octanol–water partition coefficient (Wildman–Crippen LogP) is 5.60. The lowest BCUT2D eigenvalue weighted by Gasteiger charge is -2.36. The molecule has 0 bridgehead atoms. The summed E-state index contributed by atoms with van der Waals surface area (Å²) in [4.78, 5) is 11.4. The standard InChI is InChI=1S/C29H30F4N6O4/c1-40-19-7-5-17(22(13-19)41-2)14-34-27-35-23-20(8-9-21-24(23)43-29(32,33)42-21)26-36-25(37-39(26)27)16-4-6-18(12-16)38-11-3-10-28(30,31)15-38/h5,7-9,13,16,18H,3-4,6,10-12,14-15H2,1-2H3,(H,34,35)/t16-,18-/m0/s1. The zero-order chi connectivity index (χ0) is 29.9. The highest BCUT2D eigenvalue weighted by Crippen LogP contribution is 2.46. The van der Waals surface area contributed by atoms with Crippen molar-refractivity contribution in [1.82, 2.24) is 24.5 Å². The maximum atomic E-state index is 14.1. The van der Waals surface area contributed by atoms with Gasteiger partial charge >= 0.3 is 6.29 Å². The van der Waals surface area contributed by atoms with Gasteiger partial charge < -0.3 is 24.3 Å². The molecule has 1 saturated carbocycles. The van der Waals surface area contributed by atoms with E-state index in [4.69, 9.17) is 24.3 Å². The molecule has 43 heavy (non-hydrogen) atoms. The molecule has 14 heteroatoms. The summed E-state index contributed by atoms with van der Waals surface area (Å²) in [7, 11) is 3.11. The normalized spacial score (nSPS) is 22.7. The van der Waals surface area contributed by atoms with Crippen LogP contribution < -0.4 is 24.3 Å². The first-order valence-corrected chi connectivity index (χ1v) is 14.2. The summed E-state index contributed by atoms with van der Waals surface area (Å²) in [6.45, 7) is 0.687. The molecule has 0 amide bonds. The van der Waals surface area contributed by atoms with Gasteiger partial charge in [-0.2, -0.15) is 4.52 Å². The number of hydrogen-bond donors (Lipinski definition) is 1. The number of fused-ring (bicyclic) bond motifs is 5. The second-order valence-electron chi connectivity index (χ2n) is 11.2. The topological polar surface area (TPSA) is 95.3 Å². The van der Waals surface area contributed by atoms with Crippen molar-refractivity contribution in [2.24, 2.45) is 0 Å². The van der Waals surface area contributed by atoms with Crippen LogP contribution in [0.5, 0.6) is 23.0 Å². The number of nitrogens with zero attached hydrogens (tertiary/aromatic N) is 5. The number of nitrogens with one attached hydrogen (secondary N) is 1. The van der Waals surface area contributed by atoms with Crippen LogP contribution in [-0.2, 0) is 6.54 Å². The molecule has 0 unspecified atom stereocenters. The quantitative estimate of drug-likeness (QED) is 0.272. The second-order valence-corrected chi connectivity index (χ2v) is 11.2. The zero-order valence-corrected chi connectivity index (χ0v) is 23.6. The molecule has 7 rings (SSSR count). The van der Waals surface area contributed by atoms with E-state index in [0.29, 0.717) is 47.7 Å². The van der Waals surface area contributed by atoms with Crippen molar-refractivity contribution >= 4 is 22.5 Å². The minimum absolute atomic E-state index is 0.0221. The largest absolute Gasteiger partial charge is 0.586 e. The molecule has 2 aromatic carbocycles. The van der Waals surface area contributed by atoms with Crippen molar-refractivity contribution in [1.29, 1.82) is 0 Å². The molecule has 2 fully saturated rings. The Balaban J connectivity index is 1.25. The highest BCUT2D eigenvalue weighted by molar-refractivity contribution is 5.97. The van der Waals surface area contributed by atoms with Gasteiger partial charge in [0.15, 0.2) is 23.0 Å². The summed E-state index contributed by atoms with van der Waals surface area (Å²) in [6, 6.07) is 8.41. The lowest BCUT2D eigenvalue weighted by molar-refractivity contribution is -0.286. The minimum Gasteiger partial charge on any atom is -0.497 e. The molecule has 1 N–H and O–H groups in total. The number of benzene rings is 2. The Morgan fingerprint density at radius 1 is 1.05 bits per heavy atom. The molecule has 2 aromatic heterocycles. The van der Waals surface area contributed by atoms with Crippen LogP contribution in [0, 0.1) is 0 Å². The van der Waals surface area contributed by atoms with E-state index < -0.39 is 12.2 Å². The van der Waals surface area contributed by atoms with Gasteiger partial charge in [-0.05, 0) is 56.5 Å². The second kappa shape index (κ2) is 10.3. The van der Waals surface area contributed by atoms with E-state index in [1.807, 2.05) is 11.0 Å². The summed E-state index contributed by atoms with van der Waals surface area (Å²) < 4.78 is 78.2. The maximum Gasteiger partial charge on any atom is 0.586 e. The van der Waals surface area contributed by atoms with Gasteiger partial charge in [0.2, 0.25) is 5.95 Å². The molecule has 2 atom stereocenters. The third-order valence-electron chi connectivity index (χ3n) is 8.47. The Bertz CT molecular complexity index is 1700. The first-order valence-electron chi connectivity index (χ1n) is 14.2. The van der Waals surface area contributed by atoms with E-state index in [1.165, 1.54) is 6.07 Å². The molecule has 3 aliphatic rings. The number of likely N-dealkylation sites (tertiary alicyclic amines) is 1. The van der Waals surface area contributed by atoms with E-state index in [9.17, 15) is 17.6 Å². The zero-order valence-electron chi connectivity index (χ0n) is 23.6. The molecule has 228 valence electrons. The van der Waals surface area contributed by atoms with Crippen LogP contribution in [0.1, 0.15) is 49.4 Å². The number of methoxy groups -OCH3 is 2.